The SMILES string of the molecule is NC(=S)c1ccc(C(=O)N2CCN(c3ccccc3F)CC2)cc1. The van der Waals surface area contributed by atoms with Crippen LogP contribution in [0.3, 0.4) is 0 Å². The van der Waals surface area contributed by atoms with E-state index >= 15 is 0 Å². The van der Waals surface area contributed by atoms with Crippen LogP contribution in [-0.2, 0) is 0 Å². The van der Waals surface area contributed by atoms with Gasteiger partial charge in [-0.3, -0.25) is 4.79 Å². The normalized spacial score (nSPS) is 14.5. The maximum Gasteiger partial charge on any atom is 0.253 e. The molecule has 24 heavy (non-hydrogen) atoms. The number of halogens is 1. The molecule has 0 radical (unpaired) electrons. The second-order valence-electron chi connectivity index (χ2n) is 5.67. The van der Waals surface area contributed by atoms with E-state index in [1.807, 2.05) is 11.0 Å². The number of amides is 1. The summed E-state index contributed by atoms with van der Waals surface area (Å²) in [7, 11) is 0. The Bertz CT molecular complexity index is 755. The number of benzene rings is 2. The van der Waals surface area contributed by atoms with Gasteiger partial charge >= 0.3 is 0 Å². The lowest BCUT2D eigenvalue weighted by Crippen LogP contribution is -2.49. The zero-order chi connectivity index (χ0) is 17.1. The quantitative estimate of drug-likeness (QED) is 0.870. The summed E-state index contributed by atoms with van der Waals surface area (Å²) in [6, 6.07) is 13.7. The van der Waals surface area contributed by atoms with E-state index in [-0.39, 0.29) is 11.7 Å². The summed E-state index contributed by atoms with van der Waals surface area (Å²) in [4.78, 5) is 16.6. The molecule has 4 nitrogen and oxygen atoms in total. The fourth-order valence-electron chi connectivity index (χ4n) is 2.82. The maximum atomic E-state index is 13.9. The van der Waals surface area contributed by atoms with Crippen molar-refractivity contribution in [2.75, 3.05) is 31.1 Å². The van der Waals surface area contributed by atoms with Crippen molar-refractivity contribution in [2.45, 2.75) is 0 Å². The molecule has 0 unspecified atom stereocenters. The zero-order valence-electron chi connectivity index (χ0n) is 13.1. The first-order valence-electron chi connectivity index (χ1n) is 7.75. The molecule has 0 aromatic heterocycles. The van der Waals surface area contributed by atoms with Crippen LogP contribution in [0.15, 0.2) is 48.5 Å². The van der Waals surface area contributed by atoms with Crippen molar-refractivity contribution in [3.63, 3.8) is 0 Å². The van der Waals surface area contributed by atoms with Crippen LogP contribution >= 0.6 is 12.2 Å². The maximum absolute atomic E-state index is 13.9. The number of thiocarbonyl (C=S) groups is 1. The lowest BCUT2D eigenvalue weighted by atomic mass is 10.1. The molecule has 1 saturated heterocycles. The number of anilines is 1. The number of carbonyl (C=O) groups is 1. The van der Waals surface area contributed by atoms with Crippen LogP contribution in [0.25, 0.3) is 0 Å². The van der Waals surface area contributed by atoms with E-state index in [4.69, 9.17) is 18.0 Å². The standard InChI is InChI=1S/C18H18FN3OS/c19-15-3-1-2-4-16(15)21-9-11-22(12-10-21)18(23)14-7-5-13(6-8-14)17(20)24/h1-8H,9-12H2,(H2,20,24). The van der Waals surface area contributed by atoms with Gasteiger partial charge in [0.05, 0.1) is 5.69 Å². The van der Waals surface area contributed by atoms with Gasteiger partial charge in [-0.1, -0.05) is 36.5 Å². The average Bonchev–Trinajstić information content (AvgIpc) is 2.62. The van der Waals surface area contributed by atoms with E-state index in [0.29, 0.717) is 42.4 Å². The molecular weight excluding hydrogens is 325 g/mol. The molecule has 2 aromatic rings. The van der Waals surface area contributed by atoms with Gasteiger partial charge in [-0.25, -0.2) is 4.39 Å². The summed E-state index contributed by atoms with van der Waals surface area (Å²) in [5, 5.41) is 0. The lowest BCUT2D eigenvalue weighted by Gasteiger charge is -2.36. The van der Waals surface area contributed by atoms with Gasteiger partial charge in [0.1, 0.15) is 10.8 Å². The van der Waals surface area contributed by atoms with Gasteiger partial charge in [0.25, 0.3) is 5.91 Å². The van der Waals surface area contributed by atoms with E-state index in [9.17, 15) is 9.18 Å². The Morgan fingerprint density at radius 1 is 0.958 bits per heavy atom. The number of nitrogens with zero attached hydrogens (tertiary/aromatic N) is 2. The Morgan fingerprint density at radius 2 is 1.54 bits per heavy atom. The van der Waals surface area contributed by atoms with Crippen LogP contribution in [0.4, 0.5) is 10.1 Å². The topological polar surface area (TPSA) is 49.6 Å². The Hall–Kier alpha value is -2.47. The van der Waals surface area contributed by atoms with Gasteiger partial charge in [-0.15, -0.1) is 0 Å². The molecule has 1 heterocycles. The average molecular weight is 343 g/mol. The van der Waals surface area contributed by atoms with Crippen LogP contribution in [0.2, 0.25) is 0 Å². The molecule has 1 aliphatic heterocycles. The number of rotatable bonds is 3. The number of carbonyl (C=O) groups excluding carboxylic acids is 1. The first-order valence-corrected chi connectivity index (χ1v) is 8.15. The Balaban J connectivity index is 1.65. The van der Waals surface area contributed by atoms with Gasteiger partial charge < -0.3 is 15.5 Å². The Morgan fingerprint density at radius 3 is 2.12 bits per heavy atom. The van der Waals surface area contributed by atoms with Crippen molar-refractivity contribution in [2.24, 2.45) is 5.73 Å². The molecule has 0 saturated carbocycles. The fourth-order valence-corrected chi connectivity index (χ4v) is 2.95. The van der Waals surface area contributed by atoms with Crippen molar-refractivity contribution < 1.29 is 9.18 Å². The van der Waals surface area contributed by atoms with Gasteiger partial charge in [0.15, 0.2) is 0 Å². The molecular formula is C18H18FN3OS. The monoisotopic (exact) mass is 343 g/mol. The molecule has 1 fully saturated rings. The van der Waals surface area contributed by atoms with E-state index in [0.717, 1.165) is 5.56 Å². The molecule has 2 aromatic carbocycles. The summed E-state index contributed by atoms with van der Waals surface area (Å²) < 4.78 is 13.9. The van der Waals surface area contributed by atoms with Crippen LogP contribution in [0.1, 0.15) is 15.9 Å². The third-order valence-corrected chi connectivity index (χ3v) is 4.41. The predicted molar refractivity (Wildman–Crippen MR) is 96.8 cm³/mol. The van der Waals surface area contributed by atoms with Crippen molar-refractivity contribution >= 4 is 28.8 Å². The van der Waals surface area contributed by atoms with Crippen LogP contribution in [-0.4, -0.2) is 42.0 Å². The van der Waals surface area contributed by atoms with Crippen LogP contribution in [0, 0.1) is 5.82 Å². The summed E-state index contributed by atoms with van der Waals surface area (Å²) >= 11 is 4.91. The number of hydrogen-bond donors (Lipinski definition) is 1. The molecule has 6 heteroatoms. The highest BCUT2D eigenvalue weighted by atomic mass is 32.1. The minimum absolute atomic E-state index is 0.0299. The minimum atomic E-state index is -0.231. The first-order chi connectivity index (χ1) is 11.6. The van der Waals surface area contributed by atoms with E-state index in [1.165, 1.54) is 6.07 Å². The second kappa shape index (κ2) is 6.97. The van der Waals surface area contributed by atoms with Gasteiger partial charge in [0.2, 0.25) is 0 Å². The zero-order valence-corrected chi connectivity index (χ0v) is 13.9. The molecule has 124 valence electrons. The number of piperazine rings is 1. The van der Waals surface area contributed by atoms with Gasteiger partial charge in [-0.2, -0.15) is 0 Å². The lowest BCUT2D eigenvalue weighted by molar-refractivity contribution is 0.0746. The highest BCUT2D eigenvalue weighted by Crippen LogP contribution is 2.20. The van der Waals surface area contributed by atoms with E-state index in [1.54, 1.807) is 41.3 Å². The summed E-state index contributed by atoms with van der Waals surface area (Å²) in [5.74, 6) is -0.261. The number of hydrogen-bond acceptors (Lipinski definition) is 3. The summed E-state index contributed by atoms with van der Waals surface area (Å²) in [6.07, 6.45) is 0. The fraction of sp³-hybridized carbons (Fsp3) is 0.222. The molecule has 0 atom stereocenters. The third-order valence-electron chi connectivity index (χ3n) is 4.18. The van der Waals surface area contributed by atoms with E-state index < -0.39 is 0 Å². The molecule has 0 spiro atoms. The van der Waals surface area contributed by atoms with Crippen molar-refractivity contribution in [1.29, 1.82) is 0 Å². The molecule has 1 amide bonds. The highest BCUT2D eigenvalue weighted by Gasteiger charge is 2.23. The largest absolute Gasteiger partial charge is 0.389 e. The van der Waals surface area contributed by atoms with Crippen molar-refractivity contribution in [3.8, 4) is 0 Å². The van der Waals surface area contributed by atoms with Gasteiger partial charge in [-0.05, 0) is 24.3 Å². The first kappa shape index (κ1) is 16.4. The van der Waals surface area contributed by atoms with Crippen molar-refractivity contribution in [3.05, 3.63) is 65.5 Å². The molecule has 0 aliphatic carbocycles. The summed E-state index contributed by atoms with van der Waals surface area (Å²) in [6.45, 7) is 2.34. The Kier molecular flexibility index (Phi) is 4.76. The predicted octanol–water partition coefficient (Wildman–Crippen LogP) is 2.42. The van der Waals surface area contributed by atoms with Gasteiger partial charge in [0, 0.05) is 37.3 Å². The smallest absolute Gasteiger partial charge is 0.253 e. The van der Waals surface area contributed by atoms with Crippen LogP contribution in [0.5, 0.6) is 0 Å². The third kappa shape index (κ3) is 3.38. The molecule has 1 aliphatic rings. The second-order valence-corrected chi connectivity index (χ2v) is 6.11. The van der Waals surface area contributed by atoms with Crippen LogP contribution < -0.4 is 10.6 Å². The number of para-hydroxylation sites is 1. The van der Waals surface area contributed by atoms with E-state index in [2.05, 4.69) is 0 Å². The molecule has 2 N–H and O–H groups in total. The number of nitrogens with two attached hydrogens (primary N) is 1. The van der Waals surface area contributed by atoms with Crippen molar-refractivity contribution in [1.82, 2.24) is 4.90 Å². The molecule has 3 rings (SSSR count). The molecule has 0 bridgehead atoms. The highest BCUT2D eigenvalue weighted by molar-refractivity contribution is 7.80. The Labute approximate surface area is 145 Å². The summed E-state index contributed by atoms with van der Waals surface area (Å²) in [5.41, 5.74) is 7.50. The minimum Gasteiger partial charge on any atom is -0.389 e.